The van der Waals surface area contributed by atoms with Gasteiger partial charge in [0.25, 0.3) is 0 Å². The number of hydrogen-bond donors (Lipinski definition) is 1. The first-order chi connectivity index (χ1) is 7.30. The zero-order chi connectivity index (χ0) is 10.8. The summed E-state index contributed by atoms with van der Waals surface area (Å²) in [6.45, 7) is 2.10. The Morgan fingerprint density at radius 2 is 2.27 bits per heavy atom. The van der Waals surface area contributed by atoms with Gasteiger partial charge >= 0.3 is 0 Å². The molecule has 0 aliphatic carbocycles. The fourth-order valence-electron chi connectivity index (χ4n) is 1.76. The molecule has 1 aromatic carbocycles. The molecular weight excluding hydrogens is 190 g/mol. The predicted octanol–water partition coefficient (Wildman–Crippen LogP) is 2.55. The van der Waals surface area contributed by atoms with Gasteiger partial charge in [0.2, 0.25) is 0 Å². The Bertz CT molecular complexity index is 500. The predicted molar refractivity (Wildman–Crippen MR) is 59.6 cm³/mol. The second-order valence-corrected chi connectivity index (χ2v) is 3.42. The summed E-state index contributed by atoms with van der Waals surface area (Å²) in [5.41, 5.74) is 2.67. The molecule has 3 heteroatoms. The van der Waals surface area contributed by atoms with Crippen LogP contribution in [0.25, 0.3) is 10.9 Å². The molecule has 0 amide bonds. The van der Waals surface area contributed by atoms with Crippen LogP contribution >= 0.6 is 0 Å². The van der Waals surface area contributed by atoms with Crippen LogP contribution in [0.1, 0.15) is 23.0 Å². The summed E-state index contributed by atoms with van der Waals surface area (Å²) in [6, 6.07) is 6.08. The van der Waals surface area contributed by atoms with E-state index in [9.17, 15) is 4.79 Å². The molecule has 1 aromatic heterocycles. The molecule has 1 N–H and O–H groups in total. The second-order valence-electron chi connectivity index (χ2n) is 3.42. The highest BCUT2D eigenvalue weighted by atomic mass is 16.5. The number of carbonyl (C=O) groups is 1. The zero-order valence-corrected chi connectivity index (χ0v) is 8.83. The third kappa shape index (κ3) is 1.50. The number of carbonyl (C=O) groups excluding carboxylic acids is 1. The van der Waals surface area contributed by atoms with Crippen LogP contribution in [0.4, 0.5) is 0 Å². The third-order valence-electron chi connectivity index (χ3n) is 2.57. The van der Waals surface area contributed by atoms with Crippen molar-refractivity contribution in [1.29, 1.82) is 0 Å². The first-order valence-electron chi connectivity index (χ1n) is 4.94. The van der Waals surface area contributed by atoms with Gasteiger partial charge < -0.3 is 9.72 Å². The van der Waals surface area contributed by atoms with Gasteiger partial charge in [0.05, 0.1) is 7.11 Å². The Labute approximate surface area is 88.1 Å². The van der Waals surface area contributed by atoms with Gasteiger partial charge in [-0.25, -0.2) is 0 Å². The number of hydrogen-bond acceptors (Lipinski definition) is 2. The Morgan fingerprint density at radius 3 is 2.87 bits per heavy atom. The molecule has 2 rings (SSSR count). The first kappa shape index (κ1) is 9.77. The Kier molecular flexibility index (Phi) is 2.46. The average Bonchev–Trinajstić information content (AvgIpc) is 2.65. The minimum atomic E-state index is 0.501. The molecule has 78 valence electrons. The highest BCUT2D eigenvalue weighted by Gasteiger charge is 2.11. The fourth-order valence-corrected chi connectivity index (χ4v) is 1.76. The summed E-state index contributed by atoms with van der Waals surface area (Å²) in [4.78, 5) is 13.8. The van der Waals surface area contributed by atoms with E-state index in [0.717, 1.165) is 23.6 Å². The van der Waals surface area contributed by atoms with Crippen LogP contribution in [0.3, 0.4) is 0 Å². The molecule has 0 aliphatic heterocycles. The molecule has 0 fully saturated rings. The molecule has 0 saturated heterocycles. The van der Waals surface area contributed by atoms with E-state index in [4.69, 9.17) is 4.74 Å². The number of aromatic nitrogens is 1. The highest BCUT2D eigenvalue weighted by molar-refractivity contribution is 5.95. The molecule has 1 heterocycles. The minimum absolute atomic E-state index is 0.501. The fraction of sp³-hybridized carbons (Fsp3) is 0.250. The van der Waals surface area contributed by atoms with E-state index in [0.29, 0.717) is 11.4 Å². The molecular formula is C12H13NO2. The summed E-state index contributed by atoms with van der Waals surface area (Å²) >= 11 is 0. The van der Waals surface area contributed by atoms with Crippen molar-refractivity contribution in [2.45, 2.75) is 13.3 Å². The molecule has 0 unspecified atom stereocenters. The van der Waals surface area contributed by atoms with Crippen LogP contribution in [0.15, 0.2) is 18.2 Å². The van der Waals surface area contributed by atoms with Crippen molar-refractivity contribution in [2.75, 3.05) is 7.11 Å². The molecule has 0 radical (unpaired) electrons. The third-order valence-corrected chi connectivity index (χ3v) is 2.57. The molecule has 3 nitrogen and oxygen atoms in total. The van der Waals surface area contributed by atoms with E-state index in [1.807, 2.05) is 12.1 Å². The normalized spacial score (nSPS) is 10.5. The van der Waals surface area contributed by atoms with E-state index >= 15 is 0 Å². The van der Waals surface area contributed by atoms with Gasteiger partial charge in [-0.3, -0.25) is 4.79 Å². The van der Waals surface area contributed by atoms with Crippen molar-refractivity contribution < 1.29 is 9.53 Å². The Balaban J connectivity index is 2.73. The average molecular weight is 203 g/mol. The Hall–Kier alpha value is -1.77. The van der Waals surface area contributed by atoms with Crippen LogP contribution in [-0.2, 0) is 6.42 Å². The number of aryl methyl sites for hydroxylation is 1. The monoisotopic (exact) mass is 203 g/mol. The van der Waals surface area contributed by atoms with E-state index in [-0.39, 0.29) is 0 Å². The zero-order valence-electron chi connectivity index (χ0n) is 8.83. The van der Waals surface area contributed by atoms with Gasteiger partial charge in [0.15, 0.2) is 12.0 Å². The SMILES string of the molecule is CCc1ccc2[nH]c(C=O)c(OC)c2c1. The van der Waals surface area contributed by atoms with Crippen LogP contribution in [-0.4, -0.2) is 18.4 Å². The summed E-state index contributed by atoms with van der Waals surface area (Å²) in [7, 11) is 1.58. The number of aldehydes is 1. The van der Waals surface area contributed by atoms with Gasteiger partial charge in [0, 0.05) is 10.9 Å². The summed E-state index contributed by atoms with van der Waals surface area (Å²) < 4.78 is 5.23. The van der Waals surface area contributed by atoms with Crippen molar-refractivity contribution >= 4 is 17.2 Å². The number of aromatic amines is 1. The summed E-state index contributed by atoms with van der Waals surface area (Å²) in [6.07, 6.45) is 1.76. The number of nitrogens with one attached hydrogen (secondary N) is 1. The van der Waals surface area contributed by atoms with Crippen molar-refractivity contribution in [1.82, 2.24) is 4.98 Å². The van der Waals surface area contributed by atoms with E-state index in [1.165, 1.54) is 5.56 Å². The quantitative estimate of drug-likeness (QED) is 0.779. The largest absolute Gasteiger partial charge is 0.494 e. The van der Waals surface area contributed by atoms with E-state index in [2.05, 4.69) is 18.0 Å². The lowest BCUT2D eigenvalue weighted by Gasteiger charge is -1.99. The highest BCUT2D eigenvalue weighted by Crippen LogP contribution is 2.29. The number of H-pyrrole nitrogens is 1. The molecule has 0 atom stereocenters. The van der Waals surface area contributed by atoms with Gasteiger partial charge in [-0.1, -0.05) is 13.0 Å². The van der Waals surface area contributed by atoms with Crippen LogP contribution in [0, 0.1) is 0 Å². The lowest BCUT2D eigenvalue weighted by molar-refractivity contribution is 0.111. The van der Waals surface area contributed by atoms with E-state index in [1.54, 1.807) is 7.11 Å². The topological polar surface area (TPSA) is 42.1 Å². The molecule has 0 saturated carbocycles. The summed E-state index contributed by atoms with van der Waals surface area (Å²) in [5.74, 6) is 0.635. The lowest BCUT2D eigenvalue weighted by atomic mass is 10.1. The van der Waals surface area contributed by atoms with Gasteiger partial charge in [-0.15, -0.1) is 0 Å². The van der Waals surface area contributed by atoms with Crippen molar-refractivity contribution in [3.05, 3.63) is 29.5 Å². The minimum Gasteiger partial charge on any atom is -0.494 e. The van der Waals surface area contributed by atoms with Crippen molar-refractivity contribution in [3.8, 4) is 5.75 Å². The smallest absolute Gasteiger partial charge is 0.170 e. The molecule has 2 aromatic rings. The summed E-state index contributed by atoms with van der Waals surface area (Å²) in [5, 5.41) is 0.971. The van der Waals surface area contributed by atoms with Crippen LogP contribution < -0.4 is 4.74 Å². The van der Waals surface area contributed by atoms with Gasteiger partial charge in [0.1, 0.15) is 5.69 Å². The van der Waals surface area contributed by atoms with Crippen LogP contribution in [0.5, 0.6) is 5.75 Å². The number of fused-ring (bicyclic) bond motifs is 1. The van der Waals surface area contributed by atoms with E-state index < -0.39 is 0 Å². The lowest BCUT2D eigenvalue weighted by Crippen LogP contribution is -1.86. The maximum atomic E-state index is 10.8. The second kappa shape index (κ2) is 3.77. The number of benzene rings is 1. The maximum Gasteiger partial charge on any atom is 0.170 e. The molecule has 0 bridgehead atoms. The van der Waals surface area contributed by atoms with Gasteiger partial charge in [-0.2, -0.15) is 0 Å². The maximum absolute atomic E-state index is 10.8. The van der Waals surface area contributed by atoms with Gasteiger partial charge in [-0.05, 0) is 24.1 Å². The Morgan fingerprint density at radius 1 is 1.47 bits per heavy atom. The van der Waals surface area contributed by atoms with Crippen molar-refractivity contribution in [2.24, 2.45) is 0 Å². The standard InChI is InChI=1S/C12H13NO2/c1-3-8-4-5-10-9(6-8)12(15-2)11(7-14)13-10/h4-7,13H,3H2,1-2H3. The first-order valence-corrected chi connectivity index (χ1v) is 4.94. The van der Waals surface area contributed by atoms with Crippen LogP contribution in [0.2, 0.25) is 0 Å². The number of ether oxygens (including phenoxy) is 1. The number of rotatable bonds is 3. The molecule has 0 aliphatic rings. The molecule has 0 spiro atoms. The molecule has 15 heavy (non-hydrogen) atoms. The number of methoxy groups -OCH3 is 1. The van der Waals surface area contributed by atoms with Crippen molar-refractivity contribution in [3.63, 3.8) is 0 Å².